The third kappa shape index (κ3) is 3.63. The second-order valence-corrected chi connectivity index (χ2v) is 8.33. The smallest absolute Gasteiger partial charge is 0.243 e. The molecule has 1 aromatic carbocycles. The Morgan fingerprint density at radius 2 is 1.79 bits per heavy atom. The molecular weight excluding hydrogens is 387 g/mol. The van der Waals surface area contributed by atoms with Crippen molar-refractivity contribution in [3.05, 3.63) is 69.7 Å². The number of hydrogen-bond acceptors (Lipinski definition) is 4. The Balaban J connectivity index is 1.89. The third-order valence-electron chi connectivity index (χ3n) is 3.29. The van der Waals surface area contributed by atoms with Gasteiger partial charge >= 0.3 is 0 Å². The van der Waals surface area contributed by atoms with Crippen LogP contribution in [-0.2, 0) is 16.6 Å². The normalized spacial score (nSPS) is 11.6. The molecule has 0 saturated carbocycles. The van der Waals surface area contributed by atoms with E-state index < -0.39 is 10.0 Å². The Morgan fingerprint density at radius 1 is 1.04 bits per heavy atom. The lowest BCUT2D eigenvalue weighted by Gasteiger charge is -2.11. The molecule has 2 heterocycles. The summed E-state index contributed by atoms with van der Waals surface area (Å²) in [6.45, 7) is 0.0883. The first-order chi connectivity index (χ1) is 11.5. The van der Waals surface area contributed by atoms with E-state index in [1.165, 1.54) is 12.1 Å². The number of nitrogens with zero attached hydrogens (tertiary/aromatic N) is 1. The van der Waals surface area contributed by atoms with E-state index in [0.29, 0.717) is 0 Å². The van der Waals surface area contributed by atoms with Gasteiger partial charge in [0.25, 0.3) is 0 Å². The van der Waals surface area contributed by atoms with E-state index in [0.717, 1.165) is 16.1 Å². The van der Waals surface area contributed by atoms with Gasteiger partial charge < -0.3 is 0 Å². The molecule has 0 atom stereocenters. The Labute approximate surface area is 154 Å². The molecule has 0 fully saturated rings. The molecule has 3 aromatic rings. The van der Waals surface area contributed by atoms with Gasteiger partial charge in [-0.2, -0.15) is 0 Å². The third-order valence-corrected chi connectivity index (χ3v) is 6.52. The second-order valence-electron chi connectivity index (χ2n) is 4.86. The lowest BCUT2D eigenvalue weighted by atomic mass is 10.2. The first-order valence-electron chi connectivity index (χ1n) is 6.90. The van der Waals surface area contributed by atoms with Gasteiger partial charge in [0, 0.05) is 12.7 Å². The number of nitrogens with one attached hydrogen (secondary N) is 1. The summed E-state index contributed by atoms with van der Waals surface area (Å²) >= 11 is 13.5. The molecule has 0 aliphatic heterocycles. The van der Waals surface area contributed by atoms with Gasteiger partial charge in [-0.05, 0) is 35.2 Å². The molecule has 0 spiro atoms. The average Bonchev–Trinajstić information content (AvgIpc) is 3.07. The van der Waals surface area contributed by atoms with Crippen LogP contribution in [0.25, 0.3) is 10.6 Å². The maximum absolute atomic E-state index is 12.5. The van der Waals surface area contributed by atoms with Crippen molar-refractivity contribution in [1.29, 1.82) is 0 Å². The van der Waals surface area contributed by atoms with Crippen molar-refractivity contribution < 1.29 is 8.42 Å². The summed E-state index contributed by atoms with van der Waals surface area (Å²) in [6, 6.07) is 12.0. The molecule has 0 saturated heterocycles. The minimum Gasteiger partial charge on any atom is -0.255 e. The SMILES string of the molecule is O=S(=O)(NCc1cccnc1-c1cccs1)c1c(Cl)cccc1Cl. The predicted molar refractivity (Wildman–Crippen MR) is 98.0 cm³/mol. The van der Waals surface area contributed by atoms with Gasteiger partial charge in [-0.1, -0.05) is 41.4 Å². The molecule has 2 aromatic heterocycles. The zero-order valence-corrected chi connectivity index (χ0v) is 15.4. The second kappa shape index (κ2) is 7.21. The van der Waals surface area contributed by atoms with E-state index in [1.807, 2.05) is 23.6 Å². The molecule has 3 rings (SSSR count). The maximum Gasteiger partial charge on any atom is 0.243 e. The summed E-state index contributed by atoms with van der Waals surface area (Å²) in [7, 11) is -3.84. The Kier molecular flexibility index (Phi) is 5.22. The molecule has 0 aliphatic carbocycles. The predicted octanol–water partition coefficient (Wildman–Crippen LogP) is 4.60. The number of pyridine rings is 1. The fraction of sp³-hybridized carbons (Fsp3) is 0.0625. The summed E-state index contributed by atoms with van der Waals surface area (Å²) in [5.74, 6) is 0. The summed E-state index contributed by atoms with van der Waals surface area (Å²) in [5, 5.41) is 2.11. The molecule has 0 bridgehead atoms. The molecular formula is C16H12Cl2N2O2S2. The molecule has 0 aliphatic rings. The van der Waals surface area contributed by atoms with Crippen LogP contribution < -0.4 is 4.72 Å². The summed E-state index contributed by atoms with van der Waals surface area (Å²) in [6.07, 6.45) is 1.68. The summed E-state index contributed by atoms with van der Waals surface area (Å²) in [5.41, 5.74) is 1.52. The quantitative estimate of drug-likeness (QED) is 0.683. The zero-order chi connectivity index (χ0) is 17.2. The standard InChI is InChI=1S/C16H12Cl2N2O2S2/c17-12-5-1-6-13(18)16(12)24(21,22)20-10-11-4-2-8-19-15(11)14-7-3-9-23-14/h1-9,20H,10H2. The molecule has 0 unspecified atom stereocenters. The van der Waals surface area contributed by atoms with E-state index >= 15 is 0 Å². The van der Waals surface area contributed by atoms with Gasteiger partial charge in [-0.25, -0.2) is 13.1 Å². The van der Waals surface area contributed by atoms with Crippen LogP contribution in [0.3, 0.4) is 0 Å². The van der Waals surface area contributed by atoms with E-state index in [2.05, 4.69) is 9.71 Å². The van der Waals surface area contributed by atoms with Gasteiger partial charge in [0.2, 0.25) is 10.0 Å². The number of benzene rings is 1. The topological polar surface area (TPSA) is 59.1 Å². The van der Waals surface area contributed by atoms with Crippen LogP contribution >= 0.6 is 34.5 Å². The molecule has 8 heteroatoms. The van der Waals surface area contributed by atoms with Crippen molar-refractivity contribution in [2.24, 2.45) is 0 Å². The molecule has 24 heavy (non-hydrogen) atoms. The van der Waals surface area contributed by atoms with E-state index in [-0.39, 0.29) is 21.5 Å². The van der Waals surface area contributed by atoms with Crippen LogP contribution in [0.2, 0.25) is 10.0 Å². The van der Waals surface area contributed by atoms with E-state index in [9.17, 15) is 8.42 Å². The highest BCUT2D eigenvalue weighted by atomic mass is 35.5. The first-order valence-corrected chi connectivity index (χ1v) is 10.0. The van der Waals surface area contributed by atoms with E-state index in [1.54, 1.807) is 29.7 Å². The van der Waals surface area contributed by atoms with Gasteiger partial charge in [0.1, 0.15) is 4.90 Å². The highest BCUT2D eigenvalue weighted by Gasteiger charge is 2.21. The number of halogens is 2. The number of sulfonamides is 1. The van der Waals surface area contributed by atoms with Crippen LogP contribution in [0.15, 0.2) is 58.9 Å². The molecule has 4 nitrogen and oxygen atoms in total. The van der Waals surface area contributed by atoms with Crippen molar-refractivity contribution >= 4 is 44.6 Å². The van der Waals surface area contributed by atoms with Crippen LogP contribution in [0.5, 0.6) is 0 Å². The van der Waals surface area contributed by atoms with Crippen LogP contribution in [0.1, 0.15) is 5.56 Å². The molecule has 124 valence electrons. The molecule has 0 radical (unpaired) electrons. The minimum absolute atomic E-state index is 0.0830. The fourth-order valence-corrected chi connectivity index (χ4v) is 5.10. The lowest BCUT2D eigenvalue weighted by molar-refractivity contribution is 0.581. The average molecular weight is 399 g/mol. The monoisotopic (exact) mass is 398 g/mol. The summed E-state index contributed by atoms with van der Waals surface area (Å²) in [4.78, 5) is 5.21. The Hall–Kier alpha value is -1.44. The number of thiophene rings is 1. The van der Waals surface area contributed by atoms with Gasteiger partial charge in [0.05, 0.1) is 20.6 Å². The lowest BCUT2D eigenvalue weighted by Crippen LogP contribution is -2.24. The highest BCUT2D eigenvalue weighted by molar-refractivity contribution is 7.89. The molecule has 1 N–H and O–H groups in total. The number of hydrogen-bond donors (Lipinski definition) is 1. The zero-order valence-electron chi connectivity index (χ0n) is 12.2. The van der Waals surface area contributed by atoms with Crippen molar-refractivity contribution in [1.82, 2.24) is 9.71 Å². The minimum atomic E-state index is -3.84. The van der Waals surface area contributed by atoms with Crippen LogP contribution in [0, 0.1) is 0 Å². The summed E-state index contributed by atoms with van der Waals surface area (Å²) < 4.78 is 27.6. The van der Waals surface area contributed by atoms with Crippen molar-refractivity contribution in [2.75, 3.05) is 0 Å². The first kappa shape index (κ1) is 17.4. The van der Waals surface area contributed by atoms with Crippen LogP contribution in [0.4, 0.5) is 0 Å². The Bertz CT molecular complexity index is 938. The maximum atomic E-state index is 12.5. The number of aromatic nitrogens is 1. The van der Waals surface area contributed by atoms with Gasteiger partial charge in [0.15, 0.2) is 0 Å². The van der Waals surface area contributed by atoms with Crippen molar-refractivity contribution in [2.45, 2.75) is 11.4 Å². The molecule has 0 amide bonds. The van der Waals surface area contributed by atoms with E-state index in [4.69, 9.17) is 23.2 Å². The van der Waals surface area contributed by atoms with Crippen LogP contribution in [-0.4, -0.2) is 13.4 Å². The number of rotatable bonds is 5. The Morgan fingerprint density at radius 3 is 2.46 bits per heavy atom. The van der Waals surface area contributed by atoms with Gasteiger partial charge in [-0.3, -0.25) is 4.98 Å². The fourth-order valence-electron chi connectivity index (χ4n) is 2.20. The highest BCUT2D eigenvalue weighted by Crippen LogP contribution is 2.30. The van der Waals surface area contributed by atoms with Crippen molar-refractivity contribution in [3.8, 4) is 10.6 Å². The largest absolute Gasteiger partial charge is 0.255 e. The van der Waals surface area contributed by atoms with Crippen molar-refractivity contribution in [3.63, 3.8) is 0 Å². The van der Waals surface area contributed by atoms with Gasteiger partial charge in [-0.15, -0.1) is 11.3 Å².